The van der Waals surface area contributed by atoms with E-state index in [4.69, 9.17) is 19.3 Å². The molecule has 0 heterocycles. The number of aliphatic carboxylic acids is 2. The zero-order valence-electron chi connectivity index (χ0n) is 12.8. The van der Waals surface area contributed by atoms with Crippen LogP contribution in [0.1, 0.15) is 6.42 Å². The van der Waals surface area contributed by atoms with Gasteiger partial charge < -0.3 is 29.3 Å². The maximum atomic E-state index is 11.4. The first-order valence-corrected chi connectivity index (χ1v) is 6.33. The molecule has 0 aliphatic carbocycles. The molecule has 122 valence electrons. The molecule has 8 heteroatoms. The lowest BCUT2D eigenvalue weighted by molar-refractivity contribution is -0.145. The summed E-state index contributed by atoms with van der Waals surface area (Å²) in [5.41, 5.74) is 0.333. The molecule has 0 fully saturated rings. The van der Waals surface area contributed by atoms with Crippen LogP contribution in [-0.4, -0.2) is 56.6 Å². The van der Waals surface area contributed by atoms with Crippen molar-refractivity contribution in [3.8, 4) is 17.2 Å². The molecule has 0 aromatic heterocycles. The fourth-order valence-electron chi connectivity index (χ4n) is 2.05. The summed E-state index contributed by atoms with van der Waals surface area (Å²) < 4.78 is 15.6. The molecule has 8 nitrogen and oxygen atoms in total. The molecule has 0 unspecified atom stereocenters. The van der Waals surface area contributed by atoms with E-state index in [1.807, 2.05) is 0 Å². The SMILES string of the molecule is COc1cc(OC)c(N(C)[C@@H](CC(=O)O)C(=O)O)c(OC)c1. The predicted octanol–water partition coefficient (Wildman–Crippen LogP) is 1.08. The average molecular weight is 313 g/mol. The van der Waals surface area contributed by atoms with Gasteiger partial charge in [0, 0.05) is 19.2 Å². The van der Waals surface area contributed by atoms with Gasteiger partial charge in [0.15, 0.2) is 0 Å². The molecule has 22 heavy (non-hydrogen) atoms. The highest BCUT2D eigenvalue weighted by Crippen LogP contribution is 2.42. The van der Waals surface area contributed by atoms with Crippen molar-refractivity contribution < 1.29 is 34.0 Å². The van der Waals surface area contributed by atoms with E-state index >= 15 is 0 Å². The molecule has 0 saturated carbocycles. The van der Waals surface area contributed by atoms with Crippen molar-refractivity contribution in [3.05, 3.63) is 12.1 Å². The summed E-state index contributed by atoms with van der Waals surface area (Å²) in [6.45, 7) is 0. The second-order valence-electron chi connectivity index (χ2n) is 4.44. The molecule has 2 N–H and O–H groups in total. The van der Waals surface area contributed by atoms with E-state index in [2.05, 4.69) is 0 Å². The number of hydrogen-bond acceptors (Lipinski definition) is 6. The Hall–Kier alpha value is -2.64. The van der Waals surface area contributed by atoms with E-state index in [0.29, 0.717) is 22.9 Å². The van der Waals surface area contributed by atoms with Crippen LogP contribution >= 0.6 is 0 Å². The molecular formula is C14H19NO7. The maximum Gasteiger partial charge on any atom is 0.326 e. The first kappa shape index (κ1) is 17.4. The molecule has 0 bridgehead atoms. The third-order valence-corrected chi connectivity index (χ3v) is 3.16. The quantitative estimate of drug-likeness (QED) is 0.734. The number of rotatable bonds is 8. The van der Waals surface area contributed by atoms with Crippen LogP contribution in [0.2, 0.25) is 0 Å². The maximum absolute atomic E-state index is 11.4. The number of carboxylic acids is 2. The van der Waals surface area contributed by atoms with Crippen molar-refractivity contribution in [1.29, 1.82) is 0 Å². The van der Waals surface area contributed by atoms with Gasteiger partial charge in [0.2, 0.25) is 0 Å². The number of methoxy groups -OCH3 is 3. The smallest absolute Gasteiger partial charge is 0.326 e. The molecule has 0 saturated heterocycles. The normalized spacial score (nSPS) is 11.5. The molecule has 1 aromatic carbocycles. The molecule has 0 spiro atoms. The zero-order valence-corrected chi connectivity index (χ0v) is 12.8. The van der Waals surface area contributed by atoms with Crippen LogP contribution in [0.4, 0.5) is 5.69 Å². The summed E-state index contributed by atoms with van der Waals surface area (Å²) in [6.07, 6.45) is -0.565. The summed E-state index contributed by atoms with van der Waals surface area (Å²) in [4.78, 5) is 23.5. The predicted molar refractivity (Wildman–Crippen MR) is 78.2 cm³/mol. The molecule has 1 atom stereocenters. The van der Waals surface area contributed by atoms with E-state index in [9.17, 15) is 14.7 Å². The lowest BCUT2D eigenvalue weighted by atomic mass is 10.1. The summed E-state index contributed by atoms with van der Waals surface area (Å²) in [6, 6.07) is 1.86. The molecule has 0 radical (unpaired) electrons. The fourth-order valence-corrected chi connectivity index (χ4v) is 2.05. The first-order valence-electron chi connectivity index (χ1n) is 6.33. The van der Waals surface area contributed by atoms with Gasteiger partial charge in [-0.25, -0.2) is 4.79 Å². The summed E-state index contributed by atoms with van der Waals surface area (Å²) in [7, 11) is 5.77. The lowest BCUT2D eigenvalue weighted by Crippen LogP contribution is -2.40. The number of likely N-dealkylation sites (N-methyl/N-ethyl adjacent to an activating group) is 1. The second-order valence-corrected chi connectivity index (χ2v) is 4.44. The Morgan fingerprint density at radius 2 is 1.59 bits per heavy atom. The van der Waals surface area contributed by atoms with E-state index in [0.717, 1.165) is 0 Å². The minimum atomic E-state index is -1.27. The van der Waals surface area contributed by atoms with Gasteiger partial charge in [0.25, 0.3) is 0 Å². The molecule has 0 aliphatic rings. The largest absolute Gasteiger partial charge is 0.496 e. The monoisotopic (exact) mass is 313 g/mol. The van der Waals surface area contributed by atoms with Crippen LogP contribution in [0.5, 0.6) is 17.2 Å². The third-order valence-electron chi connectivity index (χ3n) is 3.16. The van der Waals surface area contributed by atoms with Crippen LogP contribution in [0, 0.1) is 0 Å². The van der Waals surface area contributed by atoms with Crippen molar-refractivity contribution in [2.75, 3.05) is 33.3 Å². The Morgan fingerprint density at radius 1 is 1.09 bits per heavy atom. The Balaban J connectivity index is 3.38. The number of carbonyl (C=O) groups is 2. The van der Waals surface area contributed by atoms with Crippen molar-refractivity contribution in [2.45, 2.75) is 12.5 Å². The van der Waals surface area contributed by atoms with Gasteiger partial charge in [-0.05, 0) is 0 Å². The summed E-state index contributed by atoms with van der Waals surface area (Å²) >= 11 is 0. The second kappa shape index (κ2) is 7.39. The highest BCUT2D eigenvalue weighted by atomic mass is 16.5. The van der Waals surface area contributed by atoms with Gasteiger partial charge in [-0.15, -0.1) is 0 Å². The van der Waals surface area contributed by atoms with Gasteiger partial charge in [0.05, 0.1) is 27.8 Å². The molecular weight excluding hydrogens is 294 g/mol. The Labute approximate surface area is 127 Å². The Morgan fingerprint density at radius 3 is 1.91 bits per heavy atom. The Kier molecular flexibility index (Phi) is 5.85. The van der Waals surface area contributed by atoms with Crippen molar-refractivity contribution >= 4 is 17.6 Å². The average Bonchev–Trinajstić information content (AvgIpc) is 2.49. The van der Waals surface area contributed by atoms with Crippen molar-refractivity contribution in [3.63, 3.8) is 0 Å². The topological polar surface area (TPSA) is 106 Å². The summed E-state index contributed by atoms with van der Waals surface area (Å²) in [5.74, 6) is -1.38. The highest BCUT2D eigenvalue weighted by molar-refractivity contribution is 5.86. The minimum Gasteiger partial charge on any atom is -0.496 e. The first-order chi connectivity index (χ1) is 10.3. The van der Waals surface area contributed by atoms with Gasteiger partial charge >= 0.3 is 11.9 Å². The molecule has 1 rings (SSSR count). The number of carboxylic acid groups (broad SMARTS) is 2. The Bertz CT molecular complexity index is 533. The number of hydrogen-bond donors (Lipinski definition) is 2. The fraction of sp³-hybridized carbons (Fsp3) is 0.429. The van der Waals surface area contributed by atoms with E-state index in [1.54, 1.807) is 12.1 Å². The standard InChI is InChI=1S/C14H19NO7/c1-15(9(14(18)19)7-12(16)17)13-10(21-3)5-8(20-2)6-11(13)22-4/h5-6,9H,7H2,1-4H3,(H,16,17)(H,18,19)/t9-/m0/s1. The van der Waals surface area contributed by atoms with Gasteiger partial charge in [0.1, 0.15) is 29.0 Å². The van der Waals surface area contributed by atoms with Gasteiger partial charge in [-0.2, -0.15) is 0 Å². The lowest BCUT2D eigenvalue weighted by Gasteiger charge is -2.29. The third kappa shape index (κ3) is 3.72. The van der Waals surface area contributed by atoms with E-state index in [1.165, 1.54) is 33.3 Å². The number of benzene rings is 1. The zero-order chi connectivity index (χ0) is 16.9. The van der Waals surface area contributed by atoms with Crippen LogP contribution in [0.25, 0.3) is 0 Å². The van der Waals surface area contributed by atoms with Crippen molar-refractivity contribution in [1.82, 2.24) is 0 Å². The van der Waals surface area contributed by atoms with E-state index < -0.39 is 24.4 Å². The van der Waals surface area contributed by atoms with Crippen LogP contribution < -0.4 is 19.1 Å². The number of nitrogens with zero attached hydrogens (tertiary/aromatic N) is 1. The minimum absolute atomic E-state index is 0.315. The molecule has 0 amide bonds. The molecule has 0 aliphatic heterocycles. The van der Waals surface area contributed by atoms with E-state index in [-0.39, 0.29) is 0 Å². The van der Waals surface area contributed by atoms with Crippen molar-refractivity contribution in [2.24, 2.45) is 0 Å². The number of anilines is 1. The van der Waals surface area contributed by atoms with Crippen LogP contribution in [-0.2, 0) is 9.59 Å². The van der Waals surface area contributed by atoms with Gasteiger partial charge in [-0.1, -0.05) is 0 Å². The number of ether oxygens (including phenoxy) is 3. The highest BCUT2D eigenvalue weighted by Gasteiger charge is 2.30. The molecule has 1 aromatic rings. The van der Waals surface area contributed by atoms with Crippen LogP contribution in [0.3, 0.4) is 0 Å². The van der Waals surface area contributed by atoms with Gasteiger partial charge in [-0.3, -0.25) is 4.79 Å². The summed E-state index contributed by atoms with van der Waals surface area (Å²) in [5, 5.41) is 18.2. The van der Waals surface area contributed by atoms with Crippen LogP contribution in [0.15, 0.2) is 12.1 Å².